The predicted molar refractivity (Wildman–Crippen MR) is 67.1 cm³/mol. The first-order valence-corrected chi connectivity index (χ1v) is 5.83. The molecule has 0 unspecified atom stereocenters. The average Bonchev–Trinajstić information content (AvgIpc) is 2.28. The van der Waals surface area contributed by atoms with E-state index < -0.39 is 11.5 Å². The highest BCUT2D eigenvalue weighted by Crippen LogP contribution is 2.17. The molecule has 0 saturated heterocycles. The Hall–Kier alpha value is -1.91. The lowest BCUT2D eigenvalue weighted by Crippen LogP contribution is -2.22. The Morgan fingerprint density at radius 3 is 2.39 bits per heavy atom. The molecule has 5 nitrogen and oxygen atoms in total. The molecule has 1 heterocycles. The van der Waals surface area contributed by atoms with E-state index in [1.165, 1.54) is 13.0 Å². The lowest BCUT2D eigenvalue weighted by molar-refractivity contribution is 0.0524. The molecular weight excluding hydrogens is 234 g/mol. The second-order valence-electron chi connectivity index (χ2n) is 4.27. The van der Waals surface area contributed by atoms with Crippen molar-refractivity contribution in [3.8, 4) is 0 Å². The number of carbonyl (C=O) groups is 2. The van der Waals surface area contributed by atoms with Gasteiger partial charge in [0.05, 0.1) is 17.7 Å². The molecular formula is C13H17NO4. The maximum Gasteiger partial charge on any atom is 0.339 e. The number of pyridine rings is 1. The highest BCUT2D eigenvalue weighted by atomic mass is 16.5. The van der Waals surface area contributed by atoms with Crippen molar-refractivity contribution >= 4 is 11.8 Å². The first-order valence-electron chi connectivity index (χ1n) is 5.83. The maximum atomic E-state index is 11.8. The van der Waals surface area contributed by atoms with Crippen LogP contribution in [0.4, 0.5) is 0 Å². The third kappa shape index (κ3) is 2.85. The van der Waals surface area contributed by atoms with E-state index in [4.69, 9.17) is 4.74 Å². The molecule has 0 atom stereocenters. The third-order valence-corrected chi connectivity index (χ3v) is 2.52. The number of rotatable bonds is 4. The van der Waals surface area contributed by atoms with Gasteiger partial charge in [-0.05, 0) is 25.8 Å². The summed E-state index contributed by atoms with van der Waals surface area (Å²) in [7, 11) is 0. The summed E-state index contributed by atoms with van der Waals surface area (Å²) >= 11 is 0. The SMILES string of the molecule is CCOC(=O)c1cc(C(C)=O)c(=O)[nH]c1C(C)C. The van der Waals surface area contributed by atoms with Gasteiger partial charge in [-0.25, -0.2) is 4.79 Å². The van der Waals surface area contributed by atoms with Gasteiger partial charge in [0.25, 0.3) is 5.56 Å². The highest BCUT2D eigenvalue weighted by Gasteiger charge is 2.19. The van der Waals surface area contributed by atoms with Crippen molar-refractivity contribution in [3.05, 3.63) is 33.2 Å². The van der Waals surface area contributed by atoms with Crippen LogP contribution in [-0.2, 0) is 4.74 Å². The first-order chi connectivity index (χ1) is 8.38. The number of carbonyl (C=O) groups excluding carboxylic acids is 2. The molecule has 1 aromatic rings. The minimum Gasteiger partial charge on any atom is -0.462 e. The van der Waals surface area contributed by atoms with Gasteiger partial charge in [0.2, 0.25) is 0 Å². The molecule has 0 fully saturated rings. The fraction of sp³-hybridized carbons (Fsp3) is 0.462. The topological polar surface area (TPSA) is 76.2 Å². The van der Waals surface area contributed by atoms with Crippen LogP contribution in [0.1, 0.15) is 60.0 Å². The van der Waals surface area contributed by atoms with Gasteiger partial charge in [0.15, 0.2) is 5.78 Å². The number of ketones is 1. The number of nitrogens with one attached hydrogen (secondary N) is 1. The molecule has 1 N–H and O–H groups in total. The fourth-order valence-corrected chi connectivity index (χ4v) is 1.64. The molecule has 98 valence electrons. The second-order valence-corrected chi connectivity index (χ2v) is 4.27. The maximum absolute atomic E-state index is 11.8. The van der Waals surface area contributed by atoms with Crippen LogP contribution in [0, 0.1) is 0 Å². The number of esters is 1. The summed E-state index contributed by atoms with van der Waals surface area (Å²) in [5.41, 5.74) is 0.238. The molecule has 0 aromatic carbocycles. The van der Waals surface area contributed by atoms with Gasteiger partial charge in [-0.2, -0.15) is 0 Å². The zero-order valence-corrected chi connectivity index (χ0v) is 11.0. The molecule has 0 spiro atoms. The first kappa shape index (κ1) is 14.2. The minimum atomic E-state index is -0.528. The van der Waals surface area contributed by atoms with E-state index in [0.717, 1.165) is 0 Å². The van der Waals surface area contributed by atoms with Crippen LogP contribution in [-0.4, -0.2) is 23.3 Å². The van der Waals surface area contributed by atoms with Gasteiger partial charge < -0.3 is 9.72 Å². The van der Waals surface area contributed by atoms with Crippen LogP contribution in [0.5, 0.6) is 0 Å². The summed E-state index contributed by atoms with van der Waals surface area (Å²) in [6.45, 7) is 6.92. The van der Waals surface area contributed by atoms with Gasteiger partial charge >= 0.3 is 5.97 Å². The van der Waals surface area contributed by atoms with E-state index in [-0.39, 0.29) is 29.4 Å². The fourth-order valence-electron chi connectivity index (χ4n) is 1.64. The molecule has 1 aromatic heterocycles. The number of ether oxygens (including phenoxy) is 1. The Bertz CT molecular complexity index is 528. The largest absolute Gasteiger partial charge is 0.462 e. The van der Waals surface area contributed by atoms with E-state index in [2.05, 4.69) is 4.98 Å². The Balaban J connectivity index is 3.45. The third-order valence-electron chi connectivity index (χ3n) is 2.52. The molecule has 1 rings (SSSR count). The molecule has 0 radical (unpaired) electrons. The molecule has 0 aliphatic carbocycles. The van der Waals surface area contributed by atoms with Crippen LogP contribution >= 0.6 is 0 Å². The van der Waals surface area contributed by atoms with Crippen molar-refractivity contribution in [3.63, 3.8) is 0 Å². The highest BCUT2D eigenvalue weighted by molar-refractivity contribution is 5.98. The Morgan fingerprint density at radius 1 is 1.33 bits per heavy atom. The lowest BCUT2D eigenvalue weighted by Gasteiger charge is -2.12. The molecule has 0 aliphatic rings. The van der Waals surface area contributed by atoms with E-state index in [0.29, 0.717) is 5.69 Å². The van der Waals surface area contributed by atoms with Crippen molar-refractivity contribution in [2.45, 2.75) is 33.6 Å². The Kier molecular flexibility index (Phi) is 4.42. The zero-order valence-electron chi connectivity index (χ0n) is 11.0. The molecule has 5 heteroatoms. The quantitative estimate of drug-likeness (QED) is 0.654. The summed E-state index contributed by atoms with van der Waals surface area (Å²) in [5.74, 6) is -0.949. The lowest BCUT2D eigenvalue weighted by atomic mass is 10.0. The van der Waals surface area contributed by atoms with E-state index in [1.807, 2.05) is 13.8 Å². The van der Waals surface area contributed by atoms with E-state index in [1.54, 1.807) is 6.92 Å². The predicted octanol–water partition coefficient (Wildman–Crippen LogP) is 1.88. The summed E-state index contributed by atoms with van der Waals surface area (Å²) in [4.78, 5) is 37.4. The number of Topliss-reactive ketones (excluding diaryl/α,β-unsaturated/α-hetero) is 1. The number of aromatic amines is 1. The van der Waals surface area contributed by atoms with Crippen LogP contribution in [0.3, 0.4) is 0 Å². The van der Waals surface area contributed by atoms with Crippen molar-refractivity contribution in [2.24, 2.45) is 0 Å². The monoisotopic (exact) mass is 251 g/mol. The van der Waals surface area contributed by atoms with E-state index >= 15 is 0 Å². The summed E-state index contributed by atoms with van der Waals surface area (Å²) in [6, 6.07) is 1.31. The summed E-state index contributed by atoms with van der Waals surface area (Å²) in [6.07, 6.45) is 0. The Morgan fingerprint density at radius 2 is 1.94 bits per heavy atom. The molecule has 18 heavy (non-hydrogen) atoms. The average molecular weight is 251 g/mol. The van der Waals surface area contributed by atoms with Crippen LogP contribution < -0.4 is 5.56 Å². The smallest absolute Gasteiger partial charge is 0.339 e. The molecule has 0 aliphatic heterocycles. The second kappa shape index (κ2) is 5.62. The number of hydrogen-bond donors (Lipinski definition) is 1. The zero-order chi connectivity index (χ0) is 13.9. The van der Waals surface area contributed by atoms with Crippen molar-refractivity contribution in [2.75, 3.05) is 6.61 Å². The van der Waals surface area contributed by atoms with Crippen LogP contribution in [0.25, 0.3) is 0 Å². The standard InChI is InChI=1S/C13H17NO4/c1-5-18-13(17)10-6-9(8(4)15)12(16)14-11(10)7(2)3/h6-7H,5H2,1-4H3,(H,14,16). The molecule has 0 saturated carbocycles. The van der Waals surface area contributed by atoms with Gasteiger partial charge in [-0.1, -0.05) is 13.8 Å². The van der Waals surface area contributed by atoms with Crippen molar-refractivity contribution in [1.82, 2.24) is 4.98 Å². The Labute approximate surface area is 105 Å². The van der Waals surface area contributed by atoms with Crippen LogP contribution in [0.2, 0.25) is 0 Å². The normalized spacial score (nSPS) is 10.5. The van der Waals surface area contributed by atoms with Gasteiger partial charge in [-0.3, -0.25) is 9.59 Å². The van der Waals surface area contributed by atoms with Gasteiger partial charge in [-0.15, -0.1) is 0 Å². The van der Waals surface area contributed by atoms with E-state index in [9.17, 15) is 14.4 Å². The minimum absolute atomic E-state index is 0.0255. The van der Waals surface area contributed by atoms with Gasteiger partial charge in [0, 0.05) is 5.69 Å². The van der Waals surface area contributed by atoms with Crippen LogP contribution in [0.15, 0.2) is 10.9 Å². The summed E-state index contributed by atoms with van der Waals surface area (Å²) in [5, 5.41) is 0. The number of aromatic nitrogens is 1. The van der Waals surface area contributed by atoms with Crippen molar-refractivity contribution in [1.29, 1.82) is 0 Å². The molecule has 0 bridgehead atoms. The number of H-pyrrole nitrogens is 1. The van der Waals surface area contributed by atoms with Crippen molar-refractivity contribution < 1.29 is 14.3 Å². The summed E-state index contributed by atoms with van der Waals surface area (Å²) < 4.78 is 4.92. The van der Waals surface area contributed by atoms with Gasteiger partial charge in [0.1, 0.15) is 0 Å². The molecule has 0 amide bonds. The number of hydrogen-bond acceptors (Lipinski definition) is 4.